The number of hydrogen-bond acceptors (Lipinski definition) is 3. The molecule has 0 bridgehead atoms. The third-order valence-corrected chi connectivity index (χ3v) is 2.61. The third kappa shape index (κ3) is 1.21. The predicted octanol–water partition coefficient (Wildman–Crippen LogP) is 1.40. The summed E-state index contributed by atoms with van der Waals surface area (Å²) in [6.45, 7) is 1.83. The Bertz CT molecular complexity index is 373. The average molecular weight is 192 g/mol. The second-order valence-electron chi connectivity index (χ2n) is 3.50. The van der Waals surface area contributed by atoms with Crippen LogP contribution < -0.4 is 4.74 Å². The van der Waals surface area contributed by atoms with Gasteiger partial charge in [0.15, 0.2) is 5.60 Å². The highest BCUT2D eigenvalue weighted by Crippen LogP contribution is 2.30. The van der Waals surface area contributed by atoms with Crippen LogP contribution in [0.15, 0.2) is 24.3 Å². The molecule has 3 heteroatoms. The van der Waals surface area contributed by atoms with Crippen molar-refractivity contribution in [2.24, 2.45) is 0 Å². The maximum absolute atomic E-state index is 11.8. The molecule has 1 aliphatic rings. The number of carbonyl (C=O) groups excluding carboxylic acids is 1. The molecule has 0 aromatic heterocycles. The molecular weight excluding hydrogens is 180 g/mol. The van der Waals surface area contributed by atoms with Gasteiger partial charge in [0.1, 0.15) is 12.4 Å². The lowest BCUT2D eigenvalue weighted by Crippen LogP contribution is -2.46. The Morgan fingerprint density at radius 3 is 2.93 bits per heavy atom. The van der Waals surface area contributed by atoms with Crippen molar-refractivity contribution in [3.8, 4) is 5.75 Å². The first kappa shape index (κ1) is 9.21. The first-order valence-electron chi connectivity index (χ1n) is 4.66. The summed E-state index contributed by atoms with van der Waals surface area (Å²) in [5, 5.41) is 9.92. The van der Waals surface area contributed by atoms with Gasteiger partial charge < -0.3 is 9.84 Å². The Kier molecular flexibility index (Phi) is 2.04. The fraction of sp³-hybridized carbons (Fsp3) is 0.364. The van der Waals surface area contributed by atoms with Crippen molar-refractivity contribution in [2.45, 2.75) is 18.9 Å². The van der Waals surface area contributed by atoms with Crippen molar-refractivity contribution in [1.29, 1.82) is 0 Å². The maximum atomic E-state index is 11.8. The average Bonchev–Trinajstić information content (AvgIpc) is 2.24. The molecule has 1 heterocycles. The van der Waals surface area contributed by atoms with Gasteiger partial charge in [0.05, 0.1) is 5.56 Å². The van der Waals surface area contributed by atoms with E-state index in [-0.39, 0.29) is 12.4 Å². The number of aliphatic hydroxyl groups is 1. The zero-order valence-corrected chi connectivity index (χ0v) is 7.99. The van der Waals surface area contributed by atoms with Crippen LogP contribution in [0.1, 0.15) is 23.7 Å². The zero-order valence-electron chi connectivity index (χ0n) is 7.99. The minimum atomic E-state index is -1.34. The maximum Gasteiger partial charge on any atom is 0.201 e. The zero-order chi connectivity index (χ0) is 10.2. The van der Waals surface area contributed by atoms with E-state index in [0.717, 1.165) is 0 Å². The molecule has 14 heavy (non-hydrogen) atoms. The number of carbonyl (C=O) groups is 1. The topological polar surface area (TPSA) is 46.5 Å². The molecule has 0 fully saturated rings. The number of para-hydroxylation sites is 1. The van der Waals surface area contributed by atoms with Crippen molar-refractivity contribution in [3.63, 3.8) is 0 Å². The number of fused-ring (bicyclic) bond motifs is 1. The monoisotopic (exact) mass is 192 g/mol. The molecule has 0 unspecified atom stereocenters. The summed E-state index contributed by atoms with van der Waals surface area (Å²) in [6, 6.07) is 6.99. The third-order valence-electron chi connectivity index (χ3n) is 2.61. The van der Waals surface area contributed by atoms with Gasteiger partial charge in [-0.2, -0.15) is 0 Å². The first-order valence-corrected chi connectivity index (χ1v) is 4.66. The van der Waals surface area contributed by atoms with Gasteiger partial charge >= 0.3 is 0 Å². The molecule has 1 atom stereocenters. The second kappa shape index (κ2) is 3.10. The second-order valence-corrected chi connectivity index (χ2v) is 3.50. The van der Waals surface area contributed by atoms with Gasteiger partial charge in [0, 0.05) is 0 Å². The largest absolute Gasteiger partial charge is 0.489 e. The molecule has 0 saturated heterocycles. The molecule has 1 aromatic rings. The van der Waals surface area contributed by atoms with E-state index in [4.69, 9.17) is 4.74 Å². The molecule has 0 aliphatic carbocycles. The lowest BCUT2D eigenvalue weighted by molar-refractivity contribution is -0.00419. The summed E-state index contributed by atoms with van der Waals surface area (Å²) in [4.78, 5) is 11.8. The Morgan fingerprint density at radius 1 is 1.50 bits per heavy atom. The number of benzene rings is 1. The Morgan fingerprint density at radius 2 is 2.21 bits per heavy atom. The minimum absolute atomic E-state index is 0.0549. The van der Waals surface area contributed by atoms with E-state index in [0.29, 0.717) is 17.7 Å². The van der Waals surface area contributed by atoms with Gasteiger partial charge in [0.2, 0.25) is 5.78 Å². The van der Waals surface area contributed by atoms with E-state index < -0.39 is 5.60 Å². The van der Waals surface area contributed by atoms with Crippen LogP contribution >= 0.6 is 0 Å². The number of ketones is 1. The number of Topliss-reactive ketones (excluding diaryl/α,β-unsaturated/α-hetero) is 1. The molecule has 3 nitrogen and oxygen atoms in total. The molecule has 1 aromatic carbocycles. The predicted molar refractivity (Wildman–Crippen MR) is 51.5 cm³/mol. The number of rotatable bonds is 1. The highest BCUT2D eigenvalue weighted by molar-refractivity contribution is 6.05. The summed E-state index contributed by atoms with van der Waals surface area (Å²) < 4.78 is 5.33. The van der Waals surface area contributed by atoms with Crippen molar-refractivity contribution in [3.05, 3.63) is 29.8 Å². The molecule has 0 spiro atoms. The van der Waals surface area contributed by atoms with Crippen LogP contribution in [0.4, 0.5) is 0 Å². The van der Waals surface area contributed by atoms with Gasteiger partial charge in [-0.25, -0.2) is 0 Å². The van der Waals surface area contributed by atoms with Gasteiger partial charge in [-0.3, -0.25) is 4.79 Å². The van der Waals surface area contributed by atoms with Crippen molar-refractivity contribution in [2.75, 3.05) is 6.61 Å². The molecule has 0 saturated carbocycles. The van der Waals surface area contributed by atoms with Gasteiger partial charge in [-0.15, -0.1) is 0 Å². The van der Waals surface area contributed by atoms with Crippen LogP contribution in [-0.4, -0.2) is 23.1 Å². The van der Waals surface area contributed by atoms with Gasteiger partial charge in [-0.05, 0) is 18.6 Å². The van der Waals surface area contributed by atoms with E-state index in [1.54, 1.807) is 25.1 Å². The van der Waals surface area contributed by atoms with E-state index in [1.165, 1.54) is 0 Å². The van der Waals surface area contributed by atoms with Crippen LogP contribution in [0.2, 0.25) is 0 Å². The van der Waals surface area contributed by atoms with Crippen LogP contribution in [-0.2, 0) is 0 Å². The summed E-state index contributed by atoms with van der Waals surface area (Å²) in [6.07, 6.45) is 0.375. The number of ether oxygens (including phenoxy) is 1. The lowest BCUT2D eigenvalue weighted by Gasteiger charge is -2.30. The minimum Gasteiger partial charge on any atom is -0.489 e. The highest BCUT2D eigenvalue weighted by atomic mass is 16.5. The van der Waals surface area contributed by atoms with Crippen LogP contribution in [0.25, 0.3) is 0 Å². The lowest BCUT2D eigenvalue weighted by atomic mass is 9.89. The fourth-order valence-corrected chi connectivity index (χ4v) is 1.56. The van der Waals surface area contributed by atoms with Crippen LogP contribution in [0, 0.1) is 0 Å². The first-order chi connectivity index (χ1) is 6.67. The summed E-state index contributed by atoms with van der Waals surface area (Å²) in [5.74, 6) is 0.331. The molecule has 1 aliphatic heterocycles. The van der Waals surface area contributed by atoms with E-state index >= 15 is 0 Å². The Labute approximate surface area is 82.3 Å². The smallest absolute Gasteiger partial charge is 0.201 e. The molecule has 0 radical (unpaired) electrons. The van der Waals surface area contributed by atoms with Crippen molar-refractivity contribution >= 4 is 5.78 Å². The highest BCUT2D eigenvalue weighted by Gasteiger charge is 2.40. The fourth-order valence-electron chi connectivity index (χ4n) is 1.56. The van der Waals surface area contributed by atoms with Gasteiger partial charge in [0.25, 0.3) is 0 Å². The molecule has 74 valence electrons. The summed E-state index contributed by atoms with van der Waals surface area (Å²) >= 11 is 0. The normalized spacial score (nSPS) is 25.4. The van der Waals surface area contributed by atoms with Gasteiger partial charge in [-0.1, -0.05) is 19.1 Å². The van der Waals surface area contributed by atoms with Crippen molar-refractivity contribution < 1.29 is 14.6 Å². The number of hydrogen-bond donors (Lipinski definition) is 1. The summed E-state index contributed by atoms with van der Waals surface area (Å²) in [5.41, 5.74) is -0.864. The van der Waals surface area contributed by atoms with E-state index in [1.807, 2.05) is 6.07 Å². The molecule has 1 N–H and O–H groups in total. The molecule has 2 rings (SSSR count). The van der Waals surface area contributed by atoms with Crippen molar-refractivity contribution in [1.82, 2.24) is 0 Å². The van der Waals surface area contributed by atoms with Crippen LogP contribution in [0.3, 0.4) is 0 Å². The quantitative estimate of drug-likeness (QED) is 0.731. The Hall–Kier alpha value is -1.35. The molecular formula is C11H12O3. The van der Waals surface area contributed by atoms with E-state index in [9.17, 15) is 9.90 Å². The SMILES string of the molecule is CC[C@]1(O)COc2ccccc2C1=O. The van der Waals surface area contributed by atoms with Crippen LogP contribution in [0.5, 0.6) is 5.75 Å². The molecule has 0 amide bonds. The Balaban J connectivity index is 2.46. The standard InChI is InChI=1S/C11H12O3/c1-2-11(13)7-14-9-6-4-3-5-8(9)10(11)12/h3-6,13H,2,7H2,1H3/t11-/m0/s1. The summed E-state index contributed by atoms with van der Waals surface area (Å²) in [7, 11) is 0. The van der Waals surface area contributed by atoms with E-state index in [2.05, 4.69) is 0 Å².